The molecule has 0 aliphatic carbocycles. The van der Waals surface area contributed by atoms with Gasteiger partial charge in [0.15, 0.2) is 0 Å². The summed E-state index contributed by atoms with van der Waals surface area (Å²) in [5, 5.41) is 7.61. The minimum Gasteiger partial charge on any atom is -0.324 e. The normalized spacial score (nSPS) is 12.7. The molecule has 21 heavy (non-hydrogen) atoms. The SMILES string of the molecule is N[C@H](C(=O)Nc1cccc(S(N)(=O)=O)c1)c1ccccc1. The Bertz CT molecular complexity index is 745. The molecule has 0 saturated heterocycles. The molecule has 6 nitrogen and oxygen atoms in total. The van der Waals surface area contributed by atoms with Gasteiger partial charge in [0.2, 0.25) is 15.9 Å². The van der Waals surface area contributed by atoms with Crippen LogP contribution in [0.4, 0.5) is 5.69 Å². The van der Waals surface area contributed by atoms with Gasteiger partial charge in [-0.1, -0.05) is 36.4 Å². The molecule has 5 N–H and O–H groups in total. The number of carbonyl (C=O) groups excluding carboxylic acids is 1. The fraction of sp³-hybridized carbons (Fsp3) is 0.0714. The predicted octanol–water partition coefficient (Wildman–Crippen LogP) is 0.972. The van der Waals surface area contributed by atoms with E-state index < -0.39 is 22.0 Å². The molecule has 2 rings (SSSR count). The standard InChI is InChI=1S/C14H15N3O3S/c15-13(10-5-2-1-3-6-10)14(18)17-11-7-4-8-12(9-11)21(16,19)20/h1-9,13H,15H2,(H,17,18)(H2,16,19,20)/t13-/m0/s1. The van der Waals surface area contributed by atoms with Crippen LogP contribution in [0.2, 0.25) is 0 Å². The van der Waals surface area contributed by atoms with Crippen LogP contribution in [0.3, 0.4) is 0 Å². The topological polar surface area (TPSA) is 115 Å². The van der Waals surface area contributed by atoms with Crippen LogP contribution in [0, 0.1) is 0 Å². The Morgan fingerprint density at radius 1 is 1.05 bits per heavy atom. The lowest BCUT2D eigenvalue weighted by Gasteiger charge is -2.13. The number of amides is 1. The fourth-order valence-corrected chi connectivity index (χ4v) is 2.34. The number of primary sulfonamides is 1. The Balaban J connectivity index is 2.17. The lowest BCUT2D eigenvalue weighted by molar-refractivity contribution is -0.117. The summed E-state index contributed by atoms with van der Waals surface area (Å²) in [7, 11) is -3.82. The molecule has 0 aromatic heterocycles. The third-order valence-corrected chi connectivity index (χ3v) is 3.78. The number of sulfonamides is 1. The largest absolute Gasteiger partial charge is 0.324 e. The van der Waals surface area contributed by atoms with Crippen molar-refractivity contribution in [3.8, 4) is 0 Å². The first-order chi connectivity index (χ1) is 9.88. The number of nitrogens with one attached hydrogen (secondary N) is 1. The quantitative estimate of drug-likeness (QED) is 0.780. The number of hydrogen-bond donors (Lipinski definition) is 3. The Morgan fingerprint density at radius 2 is 1.71 bits per heavy atom. The predicted molar refractivity (Wildman–Crippen MR) is 79.8 cm³/mol. The van der Waals surface area contributed by atoms with Crippen LogP contribution >= 0.6 is 0 Å². The van der Waals surface area contributed by atoms with Crippen LogP contribution in [0.15, 0.2) is 59.5 Å². The summed E-state index contributed by atoms with van der Waals surface area (Å²) in [5.74, 6) is -0.437. The maximum Gasteiger partial charge on any atom is 0.245 e. The van der Waals surface area contributed by atoms with E-state index in [2.05, 4.69) is 5.32 Å². The Labute approximate surface area is 122 Å². The lowest BCUT2D eigenvalue weighted by Crippen LogP contribution is -2.27. The lowest BCUT2D eigenvalue weighted by atomic mass is 10.1. The van der Waals surface area contributed by atoms with E-state index >= 15 is 0 Å². The highest BCUT2D eigenvalue weighted by atomic mass is 32.2. The summed E-state index contributed by atoms with van der Waals surface area (Å²) in [6.07, 6.45) is 0. The molecule has 1 amide bonds. The molecule has 0 aliphatic heterocycles. The van der Waals surface area contributed by atoms with Gasteiger partial charge in [-0.25, -0.2) is 13.6 Å². The summed E-state index contributed by atoms with van der Waals surface area (Å²) >= 11 is 0. The number of nitrogens with two attached hydrogens (primary N) is 2. The first kappa shape index (κ1) is 15.2. The van der Waals surface area contributed by atoms with Crippen LogP contribution in [0.25, 0.3) is 0 Å². The summed E-state index contributed by atoms with van der Waals surface area (Å²) in [6, 6.07) is 13.7. The van der Waals surface area contributed by atoms with Crippen molar-refractivity contribution in [3.05, 3.63) is 60.2 Å². The highest BCUT2D eigenvalue weighted by molar-refractivity contribution is 7.89. The van der Waals surface area contributed by atoms with Gasteiger partial charge < -0.3 is 11.1 Å². The number of benzene rings is 2. The van der Waals surface area contributed by atoms with E-state index in [-0.39, 0.29) is 4.90 Å². The highest BCUT2D eigenvalue weighted by Gasteiger charge is 2.16. The van der Waals surface area contributed by atoms with Gasteiger partial charge in [0.25, 0.3) is 0 Å². The third kappa shape index (κ3) is 3.88. The van der Waals surface area contributed by atoms with Crippen LogP contribution < -0.4 is 16.2 Å². The van der Waals surface area contributed by atoms with E-state index in [0.29, 0.717) is 11.3 Å². The first-order valence-corrected chi connectivity index (χ1v) is 7.67. The molecule has 0 saturated carbocycles. The summed E-state index contributed by atoms with van der Waals surface area (Å²) in [4.78, 5) is 12.0. The van der Waals surface area contributed by atoms with Crippen molar-refractivity contribution in [2.45, 2.75) is 10.9 Å². The molecule has 0 aliphatic rings. The summed E-state index contributed by atoms with van der Waals surface area (Å²) in [6.45, 7) is 0. The average molecular weight is 305 g/mol. The Hall–Kier alpha value is -2.22. The van der Waals surface area contributed by atoms with Gasteiger partial charge in [0.05, 0.1) is 4.90 Å². The summed E-state index contributed by atoms with van der Waals surface area (Å²) < 4.78 is 22.5. The van der Waals surface area contributed by atoms with Crippen LogP contribution in [0.1, 0.15) is 11.6 Å². The fourth-order valence-electron chi connectivity index (χ4n) is 1.78. The molecule has 0 spiro atoms. The minimum absolute atomic E-state index is 0.0754. The second-order valence-electron chi connectivity index (χ2n) is 4.45. The van der Waals surface area contributed by atoms with Crippen LogP contribution in [-0.4, -0.2) is 14.3 Å². The van der Waals surface area contributed by atoms with Crippen molar-refractivity contribution in [3.63, 3.8) is 0 Å². The smallest absolute Gasteiger partial charge is 0.245 e. The molecule has 2 aromatic rings. The van der Waals surface area contributed by atoms with Crippen molar-refractivity contribution in [1.29, 1.82) is 0 Å². The van der Waals surface area contributed by atoms with E-state index in [1.165, 1.54) is 18.2 Å². The second kappa shape index (κ2) is 6.04. The number of rotatable bonds is 4. The van der Waals surface area contributed by atoms with Gasteiger partial charge in [-0.2, -0.15) is 0 Å². The van der Waals surface area contributed by atoms with Crippen LogP contribution in [0.5, 0.6) is 0 Å². The van der Waals surface area contributed by atoms with Crippen molar-refractivity contribution >= 4 is 21.6 Å². The maximum atomic E-state index is 12.1. The zero-order valence-corrected chi connectivity index (χ0v) is 11.9. The van der Waals surface area contributed by atoms with E-state index in [1.807, 2.05) is 6.07 Å². The Morgan fingerprint density at radius 3 is 2.33 bits per heavy atom. The van der Waals surface area contributed by atoms with Gasteiger partial charge in [0.1, 0.15) is 6.04 Å². The average Bonchev–Trinajstić information content (AvgIpc) is 2.47. The number of anilines is 1. The number of hydrogen-bond acceptors (Lipinski definition) is 4. The van der Waals surface area contributed by atoms with E-state index in [9.17, 15) is 13.2 Å². The monoisotopic (exact) mass is 305 g/mol. The van der Waals surface area contributed by atoms with E-state index in [0.717, 1.165) is 0 Å². The molecule has 0 fully saturated rings. The Kier molecular flexibility index (Phi) is 4.37. The molecule has 0 bridgehead atoms. The molecule has 0 unspecified atom stereocenters. The molecule has 2 aromatic carbocycles. The van der Waals surface area contributed by atoms with E-state index in [4.69, 9.17) is 10.9 Å². The van der Waals surface area contributed by atoms with Crippen molar-refractivity contribution < 1.29 is 13.2 Å². The van der Waals surface area contributed by atoms with Gasteiger partial charge in [-0.05, 0) is 23.8 Å². The van der Waals surface area contributed by atoms with Gasteiger partial charge in [-0.3, -0.25) is 4.79 Å². The minimum atomic E-state index is -3.82. The second-order valence-corrected chi connectivity index (χ2v) is 6.01. The van der Waals surface area contributed by atoms with Crippen LogP contribution in [-0.2, 0) is 14.8 Å². The van der Waals surface area contributed by atoms with Crippen molar-refractivity contribution in [2.75, 3.05) is 5.32 Å². The molecule has 110 valence electrons. The van der Waals surface area contributed by atoms with E-state index in [1.54, 1.807) is 30.3 Å². The molecule has 7 heteroatoms. The number of carbonyl (C=O) groups is 1. The molecular formula is C14H15N3O3S. The van der Waals surface area contributed by atoms with Gasteiger partial charge >= 0.3 is 0 Å². The third-order valence-electron chi connectivity index (χ3n) is 2.87. The molecular weight excluding hydrogens is 290 g/mol. The van der Waals surface area contributed by atoms with Crippen molar-refractivity contribution in [1.82, 2.24) is 0 Å². The molecule has 1 atom stereocenters. The first-order valence-electron chi connectivity index (χ1n) is 6.12. The van der Waals surface area contributed by atoms with Gasteiger partial charge in [-0.15, -0.1) is 0 Å². The van der Waals surface area contributed by atoms with Crippen molar-refractivity contribution in [2.24, 2.45) is 10.9 Å². The zero-order valence-electron chi connectivity index (χ0n) is 11.1. The molecule has 0 radical (unpaired) electrons. The van der Waals surface area contributed by atoms with Gasteiger partial charge in [0, 0.05) is 5.69 Å². The molecule has 0 heterocycles. The highest BCUT2D eigenvalue weighted by Crippen LogP contribution is 2.17. The summed E-state index contributed by atoms with van der Waals surface area (Å²) in [5.41, 5.74) is 6.84. The zero-order chi connectivity index (χ0) is 15.5. The maximum absolute atomic E-state index is 12.1.